The molecule has 1 rings (SSSR count). The SMILES string of the molecule is CCOC(=O)C(C)N1CCOC(C)(C)C1. The zero-order valence-electron chi connectivity index (χ0n) is 10.1. The average molecular weight is 215 g/mol. The maximum atomic E-state index is 11.5. The molecule has 1 saturated heterocycles. The monoisotopic (exact) mass is 215 g/mol. The predicted octanol–water partition coefficient (Wildman–Crippen LogP) is 1.05. The summed E-state index contributed by atoms with van der Waals surface area (Å²) in [5.74, 6) is -0.143. The van der Waals surface area contributed by atoms with E-state index in [-0.39, 0.29) is 17.6 Å². The molecule has 1 fully saturated rings. The smallest absolute Gasteiger partial charge is 0.323 e. The van der Waals surface area contributed by atoms with E-state index in [0.717, 1.165) is 13.1 Å². The molecule has 4 nitrogen and oxygen atoms in total. The Hall–Kier alpha value is -0.610. The lowest BCUT2D eigenvalue weighted by atomic mass is 10.1. The van der Waals surface area contributed by atoms with Gasteiger partial charge in [-0.05, 0) is 27.7 Å². The molecule has 1 unspecified atom stereocenters. The Morgan fingerprint density at radius 2 is 2.27 bits per heavy atom. The number of nitrogens with zero attached hydrogens (tertiary/aromatic N) is 1. The summed E-state index contributed by atoms with van der Waals surface area (Å²) in [6.07, 6.45) is 0. The average Bonchev–Trinajstić information content (AvgIpc) is 2.15. The van der Waals surface area contributed by atoms with Crippen LogP contribution >= 0.6 is 0 Å². The van der Waals surface area contributed by atoms with Crippen LogP contribution in [0, 0.1) is 0 Å². The second kappa shape index (κ2) is 4.94. The van der Waals surface area contributed by atoms with Gasteiger partial charge in [-0.2, -0.15) is 0 Å². The summed E-state index contributed by atoms with van der Waals surface area (Å²) in [5, 5.41) is 0. The van der Waals surface area contributed by atoms with Crippen molar-refractivity contribution in [3.05, 3.63) is 0 Å². The number of carbonyl (C=O) groups excluding carboxylic acids is 1. The Labute approximate surface area is 91.5 Å². The molecular formula is C11H21NO3. The van der Waals surface area contributed by atoms with Crippen molar-refractivity contribution in [1.29, 1.82) is 0 Å². The molecule has 0 radical (unpaired) electrons. The first-order valence-electron chi connectivity index (χ1n) is 5.51. The number of ether oxygens (including phenoxy) is 2. The molecule has 1 heterocycles. The van der Waals surface area contributed by atoms with E-state index in [4.69, 9.17) is 9.47 Å². The van der Waals surface area contributed by atoms with Crippen LogP contribution in [0.5, 0.6) is 0 Å². The first-order valence-corrected chi connectivity index (χ1v) is 5.51. The van der Waals surface area contributed by atoms with Crippen molar-refractivity contribution in [1.82, 2.24) is 4.90 Å². The summed E-state index contributed by atoms with van der Waals surface area (Å²) in [6, 6.07) is -0.173. The number of hydrogen-bond acceptors (Lipinski definition) is 4. The molecular weight excluding hydrogens is 194 g/mol. The van der Waals surface area contributed by atoms with Crippen molar-refractivity contribution in [2.45, 2.75) is 39.3 Å². The molecule has 0 N–H and O–H groups in total. The fourth-order valence-corrected chi connectivity index (χ4v) is 1.80. The summed E-state index contributed by atoms with van der Waals surface area (Å²) in [4.78, 5) is 13.7. The molecule has 0 amide bonds. The number of carbonyl (C=O) groups is 1. The molecule has 1 aliphatic rings. The minimum Gasteiger partial charge on any atom is -0.465 e. The highest BCUT2D eigenvalue weighted by molar-refractivity contribution is 5.75. The molecule has 15 heavy (non-hydrogen) atoms. The van der Waals surface area contributed by atoms with E-state index in [1.165, 1.54) is 0 Å². The summed E-state index contributed by atoms with van der Waals surface area (Å²) in [6.45, 7) is 10.5. The molecule has 0 aromatic heterocycles. The first kappa shape index (κ1) is 12.5. The Kier molecular flexibility index (Phi) is 4.11. The van der Waals surface area contributed by atoms with Gasteiger partial charge >= 0.3 is 5.97 Å². The molecule has 0 bridgehead atoms. The second-order valence-electron chi connectivity index (χ2n) is 4.51. The molecule has 88 valence electrons. The largest absolute Gasteiger partial charge is 0.465 e. The summed E-state index contributed by atoms with van der Waals surface area (Å²) < 4.78 is 10.6. The van der Waals surface area contributed by atoms with Gasteiger partial charge in [0.05, 0.1) is 18.8 Å². The van der Waals surface area contributed by atoms with Crippen LogP contribution in [0.4, 0.5) is 0 Å². The van der Waals surface area contributed by atoms with Gasteiger partial charge in [0.15, 0.2) is 0 Å². The molecule has 0 saturated carbocycles. The quantitative estimate of drug-likeness (QED) is 0.660. The van der Waals surface area contributed by atoms with Crippen LogP contribution in [-0.4, -0.2) is 48.8 Å². The van der Waals surface area contributed by atoms with Crippen LogP contribution in [0.2, 0.25) is 0 Å². The van der Waals surface area contributed by atoms with Crippen molar-refractivity contribution in [2.24, 2.45) is 0 Å². The lowest BCUT2D eigenvalue weighted by Crippen LogP contribution is -2.53. The fraction of sp³-hybridized carbons (Fsp3) is 0.909. The lowest BCUT2D eigenvalue weighted by Gasteiger charge is -2.40. The Morgan fingerprint density at radius 1 is 1.60 bits per heavy atom. The van der Waals surface area contributed by atoms with E-state index in [2.05, 4.69) is 4.90 Å². The van der Waals surface area contributed by atoms with Crippen LogP contribution in [0.15, 0.2) is 0 Å². The Morgan fingerprint density at radius 3 is 2.80 bits per heavy atom. The molecule has 0 aliphatic carbocycles. The van der Waals surface area contributed by atoms with Crippen molar-refractivity contribution in [2.75, 3.05) is 26.3 Å². The molecule has 0 aromatic carbocycles. The van der Waals surface area contributed by atoms with Gasteiger partial charge in [0.2, 0.25) is 0 Å². The third-order valence-electron chi connectivity index (χ3n) is 2.63. The summed E-state index contributed by atoms with van der Waals surface area (Å²) in [5.41, 5.74) is -0.168. The number of rotatable bonds is 3. The van der Waals surface area contributed by atoms with E-state index in [1.807, 2.05) is 27.7 Å². The Balaban J connectivity index is 2.52. The Bertz CT molecular complexity index is 228. The summed E-state index contributed by atoms with van der Waals surface area (Å²) >= 11 is 0. The van der Waals surface area contributed by atoms with E-state index < -0.39 is 0 Å². The molecule has 1 aliphatic heterocycles. The first-order chi connectivity index (χ1) is 6.96. The number of esters is 1. The van der Waals surface area contributed by atoms with Gasteiger partial charge < -0.3 is 9.47 Å². The van der Waals surface area contributed by atoms with Gasteiger partial charge in [0, 0.05) is 13.1 Å². The van der Waals surface area contributed by atoms with E-state index in [0.29, 0.717) is 13.2 Å². The highest BCUT2D eigenvalue weighted by atomic mass is 16.5. The number of morpholine rings is 1. The van der Waals surface area contributed by atoms with E-state index in [9.17, 15) is 4.79 Å². The third kappa shape index (κ3) is 3.47. The fourth-order valence-electron chi connectivity index (χ4n) is 1.80. The highest BCUT2D eigenvalue weighted by Crippen LogP contribution is 2.18. The van der Waals surface area contributed by atoms with Gasteiger partial charge in [-0.25, -0.2) is 0 Å². The van der Waals surface area contributed by atoms with Crippen LogP contribution in [0.25, 0.3) is 0 Å². The minimum atomic E-state index is -0.173. The van der Waals surface area contributed by atoms with Crippen molar-refractivity contribution < 1.29 is 14.3 Å². The zero-order chi connectivity index (χ0) is 11.5. The molecule has 4 heteroatoms. The normalized spacial score (nSPS) is 23.5. The lowest BCUT2D eigenvalue weighted by molar-refractivity contribution is -0.155. The topological polar surface area (TPSA) is 38.8 Å². The van der Waals surface area contributed by atoms with Crippen molar-refractivity contribution in [3.63, 3.8) is 0 Å². The van der Waals surface area contributed by atoms with Crippen LogP contribution < -0.4 is 0 Å². The predicted molar refractivity (Wildman–Crippen MR) is 57.7 cm³/mol. The highest BCUT2D eigenvalue weighted by Gasteiger charge is 2.32. The van der Waals surface area contributed by atoms with E-state index >= 15 is 0 Å². The van der Waals surface area contributed by atoms with Crippen molar-refractivity contribution in [3.8, 4) is 0 Å². The minimum absolute atomic E-state index is 0.143. The van der Waals surface area contributed by atoms with Crippen LogP contribution in [0.1, 0.15) is 27.7 Å². The van der Waals surface area contributed by atoms with Gasteiger partial charge in [0.1, 0.15) is 6.04 Å². The van der Waals surface area contributed by atoms with Crippen LogP contribution in [0.3, 0.4) is 0 Å². The molecule has 0 aromatic rings. The molecule has 0 spiro atoms. The maximum absolute atomic E-state index is 11.5. The van der Waals surface area contributed by atoms with Gasteiger partial charge in [-0.1, -0.05) is 0 Å². The number of hydrogen-bond donors (Lipinski definition) is 0. The van der Waals surface area contributed by atoms with Gasteiger partial charge in [0.25, 0.3) is 0 Å². The second-order valence-corrected chi connectivity index (χ2v) is 4.51. The van der Waals surface area contributed by atoms with Gasteiger partial charge in [-0.3, -0.25) is 9.69 Å². The summed E-state index contributed by atoms with van der Waals surface area (Å²) in [7, 11) is 0. The van der Waals surface area contributed by atoms with Gasteiger partial charge in [-0.15, -0.1) is 0 Å². The maximum Gasteiger partial charge on any atom is 0.323 e. The molecule has 1 atom stereocenters. The van der Waals surface area contributed by atoms with Crippen LogP contribution in [-0.2, 0) is 14.3 Å². The zero-order valence-corrected chi connectivity index (χ0v) is 10.1. The van der Waals surface area contributed by atoms with E-state index in [1.54, 1.807) is 0 Å². The third-order valence-corrected chi connectivity index (χ3v) is 2.63. The standard InChI is InChI=1S/C11H21NO3/c1-5-14-10(13)9(2)12-6-7-15-11(3,4)8-12/h9H,5-8H2,1-4H3. The van der Waals surface area contributed by atoms with Crippen molar-refractivity contribution >= 4 is 5.97 Å².